The molecule has 0 spiro atoms. The van der Waals surface area contributed by atoms with Crippen LogP contribution in [0.3, 0.4) is 0 Å². The van der Waals surface area contributed by atoms with Crippen molar-refractivity contribution in [3.63, 3.8) is 0 Å². The van der Waals surface area contributed by atoms with Gasteiger partial charge in [-0.15, -0.1) is 11.3 Å². The molecule has 94 valence electrons. The summed E-state index contributed by atoms with van der Waals surface area (Å²) in [6.45, 7) is 5.31. The van der Waals surface area contributed by atoms with E-state index in [1.807, 2.05) is 6.92 Å². The molecule has 1 rings (SSSR count). The fraction of sp³-hybridized carbons (Fsp3) is 0.500. The minimum Gasteiger partial charge on any atom is -0.409 e. The largest absolute Gasteiger partial charge is 0.409 e. The summed E-state index contributed by atoms with van der Waals surface area (Å²) in [6.07, 6.45) is 0.520. The Kier molecular flexibility index (Phi) is 4.06. The predicted molar refractivity (Wildman–Crippen MR) is 66.4 cm³/mol. The number of hydrogen-bond donors (Lipinski definition) is 3. The summed E-state index contributed by atoms with van der Waals surface area (Å²) in [4.78, 5) is 16.5. The lowest BCUT2D eigenvalue weighted by atomic mass is 9.97. The molecule has 4 N–H and O–H groups in total. The summed E-state index contributed by atoms with van der Waals surface area (Å²) < 4.78 is 0. The van der Waals surface area contributed by atoms with Crippen molar-refractivity contribution in [3.05, 3.63) is 16.1 Å². The Labute approximate surface area is 104 Å². The van der Waals surface area contributed by atoms with Gasteiger partial charge in [0, 0.05) is 0 Å². The number of nitrogens with zero attached hydrogens (tertiary/aromatic N) is 2. The number of carbonyl (C=O) groups is 1. The zero-order chi connectivity index (χ0) is 13.1. The normalized spacial score (nSPS) is 15.4. The highest BCUT2D eigenvalue weighted by Crippen LogP contribution is 2.15. The van der Waals surface area contributed by atoms with Crippen LogP contribution in [0.1, 0.15) is 35.6 Å². The van der Waals surface area contributed by atoms with Crippen molar-refractivity contribution >= 4 is 23.1 Å². The van der Waals surface area contributed by atoms with E-state index in [1.165, 1.54) is 11.3 Å². The van der Waals surface area contributed by atoms with Gasteiger partial charge in [0.25, 0.3) is 5.91 Å². The number of thiazole rings is 1. The number of aromatic nitrogens is 1. The summed E-state index contributed by atoms with van der Waals surface area (Å²) in [6, 6.07) is 0. The smallest absolute Gasteiger partial charge is 0.264 e. The SMILES string of the molecule is CCC(C)(NC(=O)c1scnc1C)/C(N)=N/O. The number of rotatable bonds is 4. The van der Waals surface area contributed by atoms with Gasteiger partial charge in [0.05, 0.1) is 16.7 Å². The Morgan fingerprint density at radius 2 is 2.41 bits per heavy atom. The molecule has 0 aliphatic carbocycles. The number of amidine groups is 1. The number of aryl methyl sites for hydroxylation is 1. The Morgan fingerprint density at radius 3 is 2.82 bits per heavy atom. The van der Waals surface area contributed by atoms with Crippen LogP contribution in [0.15, 0.2) is 10.7 Å². The summed E-state index contributed by atoms with van der Waals surface area (Å²) in [5.74, 6) is -0.281. The predicted octanol–water partition coefficient (Wildman–Crippen LogP) is 1.10. The molecule has 0 saturated heterocycles. The second kappa shape index (κ2) is 5.13. The van der Waals surface area contributed by atoms with Crippen LogP contribution >= 0.6 is 11.3 Å². The highest BCUT2D eigenvalue weighted by molar-refractivity contribution is 7.11. The van der Waals surface area contributed by atoms with Gasteiger partial charge in [-0.25, -0.2) is 4.98 Å². The van der Waals surface area contributed by atoms with E-state index in [1.54, 1.807) is 19.4 Å². The first-order valence-electron chi connectivity index (χ1n) is 5.15. The van der Waals surface area contributed by atoms with Gasteiger partial charge in [0.1, 0.15) is 4.88 Å². The quantitative estimate of drug-likeness (QED) is 0.325. The van der Waals surface area contributed by atoms with Crippen molar-refractivity contribution < 1.29 is 10.0 Å². The van der Waals surface area contributed by atoms with Crippen LogP contribution in [0.4, 0.5) is 0 Å². The fourth-order valence-electron chi connectivity index (χ4n) is 1.27. The average Bonchev–Trinajstić information content (AvgIpc) is 2.74. The number of carbonyl (C=O) groups excluding carboxylic acids is 1. The maximum atomic E-state index is 12.0. The number of nitrogens with two attached hydrogens (primary N) is 1. The van der Waals surface area contributed by atoms with E-state index < -0.39 is 5.54 Å². The zero-order valence-corrected chi connectivity index (χ0v) is 10.8. The molecule has 7 heteroatoms. The summed E-state index contributed by atoms with van der Waals surface area (Å²) in [7, 11) is 0. The number of amides is 1. The van der Waals surface area contributed by atoms with Gasteiger partial charge in [-0.1, -0.05) is 12.1 Å². The van der Waals surface area contributed by atoms with Gasteiger partial charge in [0.15, 0.2) is 5.84 Å². The first kappa shape index (κ1) is 13.4. The van der Waals surface area contributed by atoms with Crippen LogP contribution in [-0.4, -0.2) is 27.5 Å². The summed E-state index contributed by atoms with van der Waals surface area (Å²) in [5, 5.41) is 14.4. The molecule has 0 radical (unpaired) electrons. The van der Waals surface area contributed by atoms with E-state index in [9.17, 15) is 4.79 Å². The molecule has 1 heterocycles. The van der Waals surface area contributed by atoms with Crippen LogP contribution in [-0.2, 0) is 0 Å². The van der Waals surface area contributed by atoms with Crippen LogP contribution in [0.25, 0.3) is 0 Å². The maximum absolute atomic E-state index is 12.0. The third kappa shape index (κ3) is 2.73. The first-order valence-corrected chi connectivity index (χ1v) is 6.03. The van der Waals surface area contributed by atoms with Gasteiger partial charge in [-0.3, -0.25) is 4.79 Å². The van der Waals surface area contributed by atoms with Crippen molar-refractivity contribution in [2.24, 2.45) is 10.9 Å². The molecule has 1 unspecified atom stereocenters. The average molecular weight is 256 g/mol. The molecule has 0 saturated carbocycles. The standard InChI is InChI=1S/C10H16N4O2S/c1-4-10(3,9(11)14-16)13-8(15)7-6(2)12-5-17-7/h5,16H,4H2,1-3H3,(H2,11,14)(H,13,15). The van der Waals surface area contributed by atoms with Crippen LogP contribution in [0, 0.1) is 6.92 Å². The Bertz CT molecular complexity index is 443. The molecule has 1 aromatic heterocycles. The highest BCUT2D eigenvalue weighted by Gasteiger charge is 2.30. The van der Waals surface area contributed by atoms with E-state index in [0.717, 1.165) is 0 Å². The molecule has 1 aromatic rings. The lowest BCUT2D eigenvalue weighted by molar-refractivity contribution is 0.0928. The molecule has 0 aliphatic rings. The lowest BCUT2D eigenvalue weighted by Gasteiger charge is -2.27. The molecule has 0 bridgehead atoms. The molecular weight excluding hydrogens is 240 g/mol. The topological polar surface area (TPSA) is 101 Å². The molecule has 0 aromatic carbocycles. The molecule has 17 heavy (non-hydrogen) atoms. The van der Waals surface area contributed by atoms with Crippen molar-refractivity contribution in [1.29, 1.82) is 0 Å². The van der Waals surface area contributed by atoms with Crippen LogP contribution in [0.5, 0.6) is 0 Å². The minimum atomic E-state index is -0.859. The lowest BCUT2D eigenvalue weighted by Crippen LogP contribution is -2.55. The van der Waals surface area contributed by atoms with E-state index in [0.29, 0.717) is 17.0 Å². The first-order chi connectivity index (χ1) is 7.94. The third-order valence-corrected chi connectivity index (χ3v) is 3.65. The van der Waals surface area contributed by atoms with Crippen molar-refractivity contribution in [3.8, 4) is 0 Å². The highest BCUT2D eigenvalue weighted by atomic mass is 32.1. The molecule has 1 amide bonds. The van der Waals surface area contributed by atoms with Crippen molar-refractivity contribution in [2.45, 2.75) is 32.7 Å². The second-order valence-corrected chi connectivity index (χ2v) is 4.75. The Morgan fingerprint density at radius 1 is 1.76 bits per heavy atom. The molecular formula is C10H16N4O2S. The Hall–Kier alpha value is -1.63. The van der Waals surface area contributed by atoms with E-state index in [4.69, 9.17) is 10.9 Å². The van der Waals surface area contributed by atoms with Crippen molar-refractivity contribution in [2.75, 3.05) is 0 Å². The molecule has 0 fully saturated rings. The molecule has 0 aliphatic heterocycles. The number of oxime groups is 1. The Balaban J connectivity index is 2.91. The molecule has 1 atom stereocenters. The third-order valence-electron chi connectivity index (χ3n) is 2.72. The van der Waals surface area contributed by atoms with Gasteiger partial charge in [-0.05, 0) is 20.3 Å². The second-order valence-electron chi connectivity index (χ2n) is 3.89. The van der Waals surface area contributed by atoms with Gasteiger partial charge >= 0.3 is 0 Å². The summed E-state index contributed by atoms with van der Waals surface area (Å²) >= 11 is 1.26. The number of hydrogen-bond acceptors (Lipinski definition) is 5. The fourth-order valence-corrected chi connectivity index (χ4v) is 1.97. The summed E-state index contributed by atoms with van der Waals surface area (Å²) in [5.41, 5.74) is 7.00. The van der Waals surface area contributed by atoms with E-state index in [-0.39, 0.29) is 11.7 Å². The van der Waals surface area contributed by atoms with Gasteiger partial charge in [0.2, 0.25) is 0 Å². The monoisotopic (exact) mass is 256 g/mol. The number of nitrogens with one attached hydrogen (secondary N) is 1. The van der Waals surface area contributed by atoms with Crippen molar-refractivity contribution in [1.82, 2.24) is 10.3 Å². The van der Waals surface area contributed by atoms with Gasteiger partial charge in [-0.2, -0.15) is 0 Å². The van der Waals surface area contributed by atoms with E-state index >= 15 is 0 Å². The van der Waals surface area contributed by atoms with Crippen LogP contribution < -0.4 is 11.1 Å². The minimum absolute atomic E-state index is 0.0180. The maximum Gasteiger partial charge on any atom is 0.264 e. The van der Waals surface area contributed by atoms with Crippen LogP contribution in [0.2, 0.25) is 0 Å². The van der Waals surface area contributed by atoms with E-state index in [2.05, 4.69) is 15.5 Å². The zero-order valence-electron chi connectivity index (χ0n) is 10.0. The molecule has 6 nitrogen and oxygen atoms in total. The van der Waals surface area contributed by atoms with Gasteiger partial charge < -0.3 is 16.3 Å².